The molecule has 0 bridgehead atoms. The maximum atomic E-state index is 5.90. The number of hydrogen-bond donors (Lipinski definition) is 0. The topological polar surface area (TPSA) is 53.5 Å². The van der Waals surface area contributed by atoms with Crippen molar-refractivity contribution in [2.24, 2.45) is 0 Å². The van der Waals surface area contributed by atoms with Crippen LogP contribution < -0.4 is 14.2 Å². The Morgan fingerprint density at radius 2 is 1.69 bits per heavy atom. The van der Waals surface area contributed by atoms with Gasteiger partial charge in [-0.3, -0.25) is 9.97 Å². The van der Waals surface area contributed by atoms with Crippen molar-refractivity contribution in [3.8, 4) is 17.2 Å². The van der Waals surface area contributed by atoms with Crippen molar-refractivity contribution >= 4 is 10.8 Å². The van der Waals surface area contributed by atoms with E-state index in [0.29, 0.717) is 13.0 Å². The Bertz CT molecular complexity index is 1110. The van der Waals surface area contributed by atoms with Gasteiger partial charge in [-0.25, -0.2) is 0 Å². The van der Waals surface area contributed by atoms with Gasteiger partial charge in [0.2, 0.25) is 0 Å². The third-order valence-electron chi connectivity index (χ3n) is 4.75. The van der Waals surface area contributed by atoms with Crippen molar-refractivity contribution in [1.82, 2.24) is 9.97 Å². The minimum Gasteiger partial charge on any atom is -0.493 e. The van der Waals surface area contributed by atoms with Crippen LogP contribution in [0.15, 0.2) is 73.1 Å². The van der Waals surface area contributed by atoms with E-state index >= 15 is 0 Å². The summed E-state index contributed by atoms with van der Waals surface area (Å²) >= 11 is 0. The van der Waals surface area contributed by atoms with Crippen LogP contribution in [0.5, 0.6) is 17.2 Å². The smallest absolute Gasteiger partial charge is 0.160 e. The van der Waals surface area contributed by atoms with E-state index in [0.717, 1.165) is 45.0 Å². The Kier molecular flexibility index (Phi) is 5.56. The first-order valence-electron chi connectivity index (χ1n) is 9.38. The van der Waals surface area contributed by atoms with E-state index in [1.807, 2.05) is 60.8 Å². The first-order valence-corrected chi connectivity index (χ1v) is 9.38. The number of nitrogens with zero attached hydrogens (tertiary/aromatic N) is 2. The Labute approximate surface area is 169 Å². The van der Waals surface area contributed by atoms with Gasteiger partial charge in [0.15, 0.2) is 11.5 Å². The van der Waals surface area contributed by atoms with Gasteiger partial charge >= 0.3 is 0 Å². The Balaban J connectivity index is 1.56. The molecule has 0 amide bonds. The second-order valence-corrected chi connectivity index (χ2v) is 6.62. The predicted molar refractivity (Wildman–Crippen MR) is 113 cm³/mol. The maximum absolute atomic E-state index is 5.90. The van der Waals surface area contributed by atoms with Gasteiger partial charge in [-0.2, -0.15) is 0 Å². The Hall–Kier alpha value is -3.60. The van der Waals surface area contributed by atoms with Crippen LogP contribution in [0.1, 0.15) is 17.0 Å². The van der Waals surface area contributed by atoms with Crippen LogP contribution in [0.25, 0.3) is 10.8 Å². The number of ether oxygens (including phenoxy) is 3. The lowest BCUT2D eigenvalue weighted by Gasteiger charge is -2.11. The molecule has 4 aromatic rings. The highest BCUT2D eigenvalue weighted by Gasteiger charge is 2.09. The van der Waals surface area contributed by atoms with Gasteiger partial charge in [0.25, 0.3) is 0 Å². The summed E-state index contributed by atoms with van der Waals surface area (Å²) in [5.41, 5.74) is 3.01. The minimum absolute atomic E-state index is 0.440. The zero-order chi connectivity index (χ0) is 20.1. The molecule has 0 fully saturated rings. The molecule has 29 heavy (non-hydrogen) atoms. The molecule has 2 aromatic heterocycles. The van der Waals surface area contributed by atoms with Gasteiger partial charge in [0, 0.05) is 24.2 Å². The lowest BCUT2D eigenvalue weighted by molar-refractivity contribution is 0.302. The fourth-order valence-electron chi connectivity index (χ4n) is 3.27. The molecule has 2 aromatic carbocycles. The third-order valence-corrected chi connectivity index (χ3v) is 4.75. The maximum Gasteiger partial charge on any atom is 0.160 e. The summed E-state index contributed by atoms with van der Waals surface area (Å²) in [6.07, 6.45) is 4.30. The van der Waals surface area contributed by atoms with E-state index in [9.17, 15) is 0 Å². The van der Waals surface area contributed by atoms with E-state index in [-0.39, 0.29) is 0 Å². The molecule has 146 valence electrons. The van der Waals surface area contributed by atoms with Crippen molar-refractivity contribution in [2.75, 3.05) is 14.2 Å². The van der Waals surface area contributed by atoms with Crippen molar-refractivity contribution in [3.63, 3.8) is 0 Å². The molecular formula is C24H22N2O3. The van der Waals surface area contributed by atoms with Gasteiger partial charge in [0.05, 0.1) is 25.6 Å². The van der Waals surface area contributed by atoms with Crippen molar-refractivity contribution < 1.29 is 14.2 Å². The highest BCUT2D eigenvalue weighted by atomic mass is 16.5. The molecule has 0 aliphatic rings. The molecular weight excluding hydrogens is 364 g/mol. The van der Waals surface area contributed by atoms with Crippen LogP contribution in [0.4, 0.5) is 0 Å². The first-order chi connectivity index (χ1) is 14.3. The zero-order valence-electron chi connectivity index (χ0n) is 16.5. The average Bonchev–Trinajstić information content (AvgIpc) is 2.78. The fraction of sp³-hybridized carbons (Fsp3) is 0.167. The van der Waals surface area contributed by atoms with E-state index in [4.69, 9.17) is 14.2 Å². The molecule has 0 unspecified atom stereocenters. The lowest BCUT2D eigenvalue weighted by Crippen LogP contribution is -1.98. The highest BCUT2D eigenvalue weighted by molar-refractivity contribution is 5.86. The second-order valence-electron chi connectivity index (χ2n) is 6.62. The number of methoxy groups -OCH3 is 2. The molecule has 0 radical (unpaired) electrons. The number of benzene rings is 2. The number of rotatable bonds is 7. The van der Waals surface area contributed by atoms with E-state index in [1.165, 1.54) is 0 Å². The zero-order valence-corrected chi connectivity index (χ0v) is 16.5. The molecule has 4 rings (SSSR count). The summed E-state index contributed by atoms with van der Waals surface area (Å²) in [7, 11) is 3.28. The molecule has 5 heteroatoms. The van der Waals surface area contributed by atoms with Crippen molar-refractivity contribution in [3.05, 3.63) is 90.0 Å². The molecule has 2 heterocycles. The largest absolute Gasteiger partial charge is 0.493 e. The summed E-state index contributed by atoms with van der Waals surface area (Å²) in [5.74, 6) is 2.25. The number of fused-ring (bicyclic) bond motifs is 1. The number of aromatic nitrogens is 2. The molecule has 0 aliphatic heterocycles. The molecule has 5 nitrogen and oxygen atoms in total. The first kappa shape index (κ1) is 18.7. The van der Waals surface area contributed by atoms with E-state index < -0.39 is 0 Å². The highest BCUT2D eigenvalue weighted by Crippen LogP contribution is 2.30. The van der Waals surface area contributed by atoms with Crippen LogP contribution in [0.3, 0.4) is 0 Å². The molecule has 0 atom stereocenters. The second kappa shape index (κ2) is 8.61. The fourth-order valence-corrected chi connectivity index (χ4v) is 3.27. The molecule has 0 aliphatic carbocycles. The van der Waals surface area contributed by atoms with Gasteiger partial charge < -0.3 is 14.2 Å². The normalized spacial score (nSPS) is 10.7. The van der Waals surface area contributed by atoms with Crippen LogP contribution in [-0.4, -0.2) is 24.2 Å². The average molecular weight is 386 g/mol. The predicted octanol–water partition coefficient (Wildman–Crippen LogP) is 4.82. The van der Waals surface area contributed by atoms with E-state index in [1.54, 1.807) is 20.4 Å². The summed E-state index contributed by atoms with van der Waals surface area (Å²) in [6.45, 7) is 0.440. The van der Waals surface area contributed by atoms with Crippen molar-refractivity contribution in [2.45, 2.75) is 13.0 Å². The minimum atomic E-state index is 0.440. The summed E-state index contributed by atoms with van der Waals surface area (Å²) in [5, 5.41) is 2.20. The molecule has 0 saturated carbocycles. The lowest BCUT2D eigenvalue weighted by atomic mass is 10.0. The van der Waals surface area contributed by atoms with Crippen LogP contribution in [-0.2, 0) is 13.0 Å². The van der Waals surface area contributed by atoms with E-state index in [2.05, 4.69) is 16.0 Å². The number of pyridine rings is 2. The SMILES string of the molecule is COc1ccc(Cc2nccc3cc(OCc4ccccn4)ccc23)cc1OC. The standard InChI is InChI=1S/C24H22N2O3/c1-27-23-9-6-17(14-24(23)28-2)13-22-21-8-7-20(15-18(21)10-12-26-22)29-16-19-5-3-4-11-25-19/h3-12,14-15H,13,16H2,1-2H3. The Morgan fingerprint density at radius 3 is 2.48 bits per heavy atom. The molecule has 0 spiro atoms. The van der Waals surface area contributed by atoms with Gasteiger partial charge in [-0.05, 0) is 59.5 Å². The van der Waals surface area contributed by atoms with Crippen LogP contribution in [0.2, 0.25) is 0 Å². The van der Waals surface area contributed by atoms with Crippen LogP contribution >= 0.6 is 0 Å². The van der Waals surface area contributed by atoms with Gasteiger partial charge in [-0.1, -0.05) is 12.1 Å². The van der Waals surface area contributed by atoms with Gasteiger partial charge in [-0.15, -0.1) is 0 Å². The summed E-state index contributed by atoms with van der Waals surface area (Å²) in [4.78, 5) is 8.89. The summed E-state index contributed by atoms with van der Waals surface area (Å²) in [6, 6.07) is 19.8. The quantitative estimate of drug-likeness (QED) is 0.456. The van der Waals surface area contributed by atoms with Crippen LogP contribution in [0, 0.1) is 0 Å². The molecule has 0 N–H and O–H groups in total. The number of hydrogen-bond acceptors (Lipinski definition) is 5. The summed E-state index contributed by atoms with van der Waals surface area (Å²) < 4.78 is 16.6. The monoisotopic (exact) mass is 386 g/mol. The molecule has 0 saturated heterocycles. The van der Waals surface area contributed by atoms with Crippen molar-refractivity contribution in [1.29, 1.82) is 0 Å². The third kappa shape index (κ3) is 4.29. The van der Waals surface area contributed by atoms with Gasteiger partial charge in [0.1, 0.15) is 12.4 Å². The Morgan fingerprint density at radius 1 is 0.793 bits per heavy atom.